The van der Waals surface area contributed by atoms with Crippen LogP contribution in [0.4, 0.5) is 0 Å². The minimum atomic E-state index is -0.652. The van der Waals surface area contributed by atoms with Crippen molar-refractivity contribution in [1.29, 1.82) is 0 Å². The highest BCUT2D eigenvalue weighted by Gasteiger charge is 2.19. The molecule has 152 valence electrons. The molecule has 0 aliphatic rings. The predicted molar refractivity (Wildman–Crippen MR) is 110 cm³/mol. The molecule has 2 aromatic heterocycles. The first-order chi connectivity index (χ1) is 14.6. The van der Waals surface area contributed by atoms with Gasteiger partial charge in [-0.25, -0.2) is 4.98 Å². The zero-order valence-corrected chi connectivity index (χ0v) is 16.4. The molecule has 0 bridgehead atoms. The van der Waals surface area contributed by atoms with Crippen molar-refractivity contribution in [3.8, 4) is 11.5 Å². The van der Waals surface area contributed by atoms with Gasteiger partial charge in [-0.1, -0.05) is 30.3 Å². The van der Waals surface area contributed by atoms with Crippen LogP contribution in [0.3, 0.4) is 0 Å². The number of para-hydroxylation sites is 1. The summed E-state index contributed by atoms with van der Waals surface area (Å²) in [5.41, 5.74) is 1.25. The third-order valence-corrected chi connectivity index (χ3v) is 4.57. The van der Waals surface area contributed by atoms with Crippen LogP contribution in [0.2, 0.25) is 0 Å². The lowest BCUT2D eigenvalue weighted by Gasteiger charge is -2.09. The normalized spacial score (nSPS) is 12.0. The summed E-state index contributed by atoms with van der Waals surface area (Å²) in [7, 11) is 0. The maximum absolute atomic E-state index is 12.2. The van der Waals surface area contributed by atoms with Gasteiger partial charge in [0.15, 0.2) is 6.10 Å². The Bertz CT molecular complexity index is 1220. The first kappa shape index (κ1) is 19.5. The molecule has 4 rings (SSSR count). The molecule has 4 aromatic rings. The van der Waals surface area contributed by atoms with Crippen LogP contribution in [0.5, 0.6) is 0 Å². The number of carbonyl (C=O) groups excluding carboxylic acids is 1. The molecule has 0 aliphatic carbocycles. The Labute approximate surface area is 171 Å². The Morgan fingerprint density at radius 2 is 1.87 bits per heavy atom. The van der Waals surface area contributed by atoms with Gasteiger partial charge < -0.3 is 14.1 Å². The first-order valence-corrected chi connectivity index (χ1v) is 9.66. The molecule has 0 fully saturated rings. The summed E-state index contributed by atoms with van der Waals surface area (Å²) in [6.45, 7) is 1.68. The second-order valence-electron chi connectivity index (χ2n) is 6.83. The topological polar surface area (TPSA) is 111 Å². The van der Waals surface area contributed by atoms with Crippen molar-refractivity contribution in [3.05, 3.63) is 76.7 Å². The number of hydrogen-bond donors (Lipinski definition) is 1. The Kier molecular flexibility index (Phi) is 5.65. The molecular weight excluding hydrogens is 384 g/mol. The number of benzene rings is 2. The average molecular weight is 404 g/mol. The number of aryl methyl sites for hydroxylation is 1. The van der Waals surface area contributed by atoms with Gasteiger partial charge in [-0.05, 0) is 37.6 Å². The van der Waals surface area contributed by atoms with E-state index in [0.29, 0.717) is 35.5 Å². The summed E-state index contributed by atoms with van der Waals surface area (Å²) in [4.78, 5) is 31.5. The Balaban J connectivity index is 1.31. The van der Waals surface area contributed by atoms with Crippen LogP contribution >= 0.6 is 0 Å². The van der Waals surface area contributed by atoms with Crippen LogP contribution in [-0.2, 0) is 16.0 Å². The van der Waals surface area contributed by atoms with Gasteiger partial charge in [-0.3, -0.25) is 9.59 Å². The van der Waals surface area contributed by atoms with E-state index >= 15 is 0 Å². The second kappa shape index (κ2) is 8.69. The maximum Gasteiger partial charge on any atom is 0.306 e. The van der Waals surface area contributed by atoms with E-state index in [1.165, 1.54) is 0 Å². The van der Waals surface area contributed by atoms with Gasteiger partial charge >= 0.3 is 5.97 Å². The van der Waals surface area contributed by atoms with E-state index in [-0.39, 0.29) is 23.8 Å². The van der Waals surface area contributed by atoms with Crippen molar-refractivity contribution in [1.82, 2.24) is 20.2 Å². The van der Waals surface area contributed by atoms with Gasteiger partial charge in [0.25, 0.3) is 11.4 Å². The van der Waals surface area contributed by atoms with Crippen molar-refractivity contribution in [2.75, 3.05) is 0 Å². The number of rotatable bonds is 7. The van der Waals surface area contributed by atoms with E-state index in [0.717, 1.165) is 5.56 Å². The monoisotopic (exact) mass is 404 g/mol. The Morgan fingerprint density at radius 1 is 1.10 bits per heavy atom. The third kappa shape index (κ3) is 4.43. The smallest absolute Gasteiger partial charge is 0.306 e. The molecule has 30 heavy (non-hydrogen) atoms. The van der Waals surface area contributed by atoms with E-state index in [4.69, 9.17) is 9.15 Å². The molecule has 0 aliphatic heterocycles. The second-order valence-corrected chi connectivity index (χ2v) is 6.83. The Hall–Kier alpha value is -3.81. The lowest BCUT2D eigenvalue weighted by atomic mass is 10.2. The van der Waals surface area contributed by atoms with Gasteiger partial charge in [-0.2, -0.15) is 0 Å². The quantitative estimate of drug-likeness (QED) is 0.469. The molecule has 8 heteroatoms. The molecule has 1 atom stereocenters. The van der Waals surface area contributed by atoms with Crippen LogP contribution in [0.15, 0.2) is 63.8 Å². The van der Waals surface area contributed by atoms with E-state index < -0.39 is 6.10 Å². The van der Waals surface area contributed by atoms with Crippen LogP contribution in [-0.4, -0.2) is 26.1 Å². The van der Waals surface area contributed by atoms with Crippen LogP contribution in [0.1, 0.15) is 37.6 Å². The number of fused-ring (bicyclic) bond motifs is 1. The van der Waals surface area contributed by atoms with Crippen molar-refractivity contribution < 1.29 is 13.9 Å². The minimum Gasteiger partial charge on any atom is -0.453 e. The van der Waals surface area contributed by atoms with Gasteiger partial charge in [0, 0.05) is 18.4 Å². The number of nitrogens with one attached hydrogen (secondary N) is 1. The first-order valence-electron chi connectivity index (χ1n) is 9.66. The number of aromatic amines is 1. The largest absolute Gasteiger partial charge is 0.453 e. The highest BCUT2D eigenvalue weighted by atomic mass is 16.6. The molecule has 0 radical (unpaired) electrons. The highest BCUT2D eigenvalue weighted by Crippen LogP contribution is 2.22. The lowest BCUT2D eigenvalue weighted by molar-refractivity contribution is -0.149. The number of hydrogen-bond acceptors (Lipinski definition) is 7. The molecule has 0 spiro atoms. The summed E-state index contributed by atoms with van der Waals surface area (Å²) < 4.78 is 11.0. The average Bonchev–Trinajstić information content (AvgIpc) is 3.25. The number of ether oxygens (including phenoxy) is 1. The molecule has 1 N–H and O–H groups in total. The molecular formula is C22H20N4O4. The number of esters is 1. The zero-order chi connectivity index (χ0) is 20.9. The van der Waals surface area contributed by atoms with Crippen molar-refractivity contribution in [2.24, 2.45) is 0 Å². The molecule has 2 aromatic carbocycles. The van der Waals surface area contributed by atoms with Crippen molar-refractivity contribution in [2.45, 2.75) is 32.3 Å². The van der Waals surface area contributed by atoms with Crippen LogP contribution < -0.4 is 5.56 Å². The maximum atomic E-state index is 12.2. The van der Waals surface area contributed by atoms with Gasteiger partial charge in [0.05, 0.1) is 10.9 Å². The Morgan fingerprint density at radius 3 is 2.70 bits per heavy atom. The van der Waals surface area contributed by atoms with E-state index in [1.54, 1.807) is 25.1 Å². The van der Waals surface area contributed by atoms with Crippen molar-refractivity contribution >= 4 is 16.9 Å². The van der Waals surface area contributed by atoms with E-state index in [1.807, 2.05) is 36.4 Å². The fourth-order valence-corrected chi connectivity index (χ4v) is 3.06. The van der Waals surface area contributed by atoms with E-state index in [9.17, 15) is 9.59 Å². The number of nitrogens with zero attached hydrogens (tertiary/aromatic N) is 3. The summed E-state index contributed by atoms with van der Waals surface area (Å²) >= 11 is 0. The molecule has 0 amide bonds. The molecule has 0 unspecified atom stereocenters. The summed E-state index contributed by atoms with van der Waals surface area (Å²) in [5, 5.41) is 8.51. The van der Waals surface area contributed by atoms with Gasteiger partial charge in [0.2, 0.25) is 5.89 Å². The lowest BCUT2D eigenvalue weighted by Crippen LogP contribution is -2.13. The zero-order valence-electron chi connectivity index (χ0n) is 16.4. The predicted octanol–water partition coefficient (Wildman–Crippen LogP) is 3.60. The summed E-state index contributed by atoms with van der Waals surface area (Å²) in [5.74, 6) is 0.775. The molecule has 0 saturated carbocycles. The third-order valence-electron chi connectivity index (χ3n) is 4.57. The fraction of sp³-hybridized carbons (Fsp3) is 0.227. The summed E-state index contributed by atoms with van der Waals surface area (Å²) in [6.07, 6.45) is 0.482. The standard InChI is InChI=1S/C22H20N4O4/c1-14(21-25-26-22(30-21)15-8-3-2-4-9-15)29-19(27)13-7-12-18-23-17-11-6-5-10-16(17)20(28)24-18/h2-6,8-11,14H,7,12-13H2,1H3,(H,23,24,28)/t14-/m0/s1. The number of H-pyrrole nitrogens is 1. The molecule has 2 heterocycles. The minimum absolute atomic E-state index is 0.181. The molecule has 0 saturated heterocycles. The van der Waals surface area contributed by atoms with Crippen LogP contribution in [0, 0.1) is 0 Å². The van der Waals surface area contributed by atoms with Crippen LogP contribution in [0.25, 0.3) is 22.4 Å². The summed E-state index contributed by atoms with van der Waals surface area (Å²) in [6, 6.07) is 16.5. The van der Waals surface area contributed by atoms with Gasteiger partial charge in [0.1, 0.15) is 5.82 Å². The van der Waals surface area contributed by atoms with Crippen molar-refractivity contribution in [3.63, 3.8) is 0 Å². The number of aromatic nitrogens is 4. The highest BCUT2D eigenvalue weighted by molar-refractivity contribution is 5.77. The van der Waals surface area contributed by atoms with E-state index in [2.05, 4.69) is 20.2 Å². The fourth-order valence-electron chi connectivity index (χ4n) is 3.06. The SMILES string of the molecule is C[C@H](OC(=O)CCCc1nc2ccccc2c(=O)[nH]1)c1nnc(-c2ccccc2)o1. The molecule has 8 nitrogen and oxygen atoms in total. The van der Waals surface area contributed by atoms with Gasteiger partial charge in [-0.15, -0.1) is 10.2 Å². The number of carbonyl (C=O) groups is 1.